The second-order valence-electron chi connectivity index (χ2n) is 4.20. The van der Waals surface area contributed by atoms with E-state index < -0.39 is 29.2 Å². The second kappa shape index (κ2) is 8.46. The van der Waals surface area contributed by atoms with Gasteiger partial charge in [0.15, 0.2) is 0 Å². The van der Waals surface area contributed by atoms with Gasteiger partial charge in [-0.2, -0.15) is 11.8 Å². The van der Waals surface area contributed by atoms with Crippen molar-refractivity contribution < 1.29 is 23.5 Å². The molecule has 0 radical (unpaired) electrons. The number of unbranched alkanes of at least 4 members (excludes halogenated alkanes) is 1. The van der Waals surface area contributed by atoms with Gasteiger partial charge in [0, 0.05) is 12.6 Å². The molecule has 2 amide bonds. The van der Waals surface area contributed by atoms with Gasteiger partial charge >= 0.3 is 12.0 Å². The molecule has 0 bridgehead atoms. The van der Waals surface area contributed by atoms with Crippen LogP contribution in [0.15, 0.2) is 12.1 Å². The van der Waals surface area contributed by atoms with E-state index in [4.69, 9.17) is 5.11 Å². The molecule has 8 heteroatoms. The molecule has 0 aliphatic heterocycles. The number of rotatable bonds is 7. The first-order valence-electron chi connectivity index (χ1n) is 6.21. The van der Waals surface area contributed by atoms with Crippen molar-refractivity contribution in [2.45, 2.75) is 12.8 Å². The SMILES string of the molecule is CSCCCCNC(=O)Nc1cc(C(=O)O)c(F)cc1F. The van der Waals surface area contributed by atoms with Gasteiger partial charge in [-0.1, -0.05) is 0 Å². The number of urea groups is 1. The van der Waals surface area contributed by atoms with Crippen LogP contribution in [0.3, 0.4) is 0 Å². The first kappa shape index (κ1) is 17.2. The molecule has 0 fully saturated rings. The Morgan fingerprint density at radius 2 is 1.95 bits per heavy atom. The normalized spacial score (nSPS) is 10.2. The minimum Gasteiger partial charge on any atom is -0.478 e. The lowest BCUT2D eigenvalue weighted by Gasteiger charge is -2.09. The first-order chi connectivity index (χ1) is 9.95. The Hall–Kier alpha value is -1.83. The van der Waals surface area contributed by atoms with Crippen LogP contribution in [0.4, 0.5) is 19.3 Å². The Bertz CT molecular complexity index is 526. The number of amides is 2. The highest BCUT2D eigenvalue weighted by atomic mass is 32.2. The van der Waals surface area contributed by atoms with Crippen molar-refractivity contribution in [3.05, 3.63) is 29.3 Å². The number of nitrogens with one attached hydrogen (secondary N) is 2. The van der Waals surface area contributed by atoms with Crippen molar-refractivity contribution in [3.63, 3.8) is 0 Å². The monoisotopic (exact) mass is 318 g/mol. The zero-order chi connectivity index (χ0) is 15.8. The number of carbonyl (C=O) groups is 2. The molecule has 116 valence electrons. The number of halogens is 2. The number of aromatic carboxylic acids is 1. The fourth-order valence-electron chi connectivity index (χ4n) is 1.55. The van der Waals surface area contributed by atoms with Crippen molar-refractivity contribution in [3.8, 4) is 0 Å². The quantitative estimate of drug-likeness (QED) is 0.676. The summed E-state index contributed by atoms with van der Waals surface area (Å²) in [7, 11) is 0. The van der Waals surface area contributed by atoms with E-state index in [9.17, 15) is 18.4 Å². The molecule has 0 atom stereocenters. The van der Waals surface area contributed by atoms with Crippen LogP contribution < -0.4 is 10.6 Å². The van der Waals surface area contributed by atoms with Crippen LogP contribution in [0.5, 0.6) is 0 Å². The van der Waals surface area contributed by atoms with Gasteiger partial charge in [-0.25, -0.2) is 18.4 Å². The summed E-state index contributed by atoms with van der Waals surface area (Å²) in [6.07, 6.45) is 3.70. The summed E-state index contributed by atoms with van der Waals surface area (Å²) in [4.78, 5) is 22.3. The minimum atomic E-state index is -1.53. The molecule has 0 aromatic heterocycles. The molecule has 0 unspecified atom stereocenters. The maximum absolute atomic E-state index is 13.5. The molecule has 1 aromatic carbocycles. The lowest BCUT2D eigenvalue weighted by molar-refractivity contribution is 0.0692. The molecule has 21 heavy (non-hydrogen) atoms. The number of anilines is 1. The zero-order valence-electron chi connectivity index (χ0n) is 11.4. The zero-order valence-corrected chi connectivity index (χ0v) is 12.2. The van der Waals surface area contributed by atoms with Crippen LogP contribution >= 0.6 is 11.8 Å². The highest BCUT2D eigenvalue weighted by molar-refractivity contribution is 7.98. The largest absolute Gasteiger partial charge is 0.478 e. The van der Waals surface area contributed by atoms with Crippen LogP contribution in [-0.2, 0) is 0 Å². The van der Waals surface area contributed by atoms with E-state index in [0.717, 1.165) is 24.7 Å². The van der Waals surface area contributed by atoms with Crippen LogP contribution in [0.2, 0.25) is 0 Å². The Morgan fingerprint density at radius 1 is 1.24 bits per heavy atom. The van der Waals surface area contributed by atoms with Crippen molar-refractivity contribution >= 4 is 29.4 Å². The van der Waals surface area contributed by atoms with Gasteiger partial charge in [0.05, 0.1) is 11.3 Å². The summed E-state index contributed by atoms with van der Waals surface area (Å²) in [5.74, 6) is -2.77. The number of carbonyl (C=O) groups excluding carboxylic acids is 1. The third-order valence-electron chi connectivity index (χ3n) is 2.60. The summed E-state index contributed by atoms with van der Waals surface area (Å²) < 4.78 is 26.7. The summed E-state index contributed by atoms with van der Waals surface area (Å²) in [6, 6.07) is 0.513. The van der Waals surface area contributed by atoms with Crippen LogP contribution in [0.25, 0.3) is 0 Å². The van der Waals surface area contributed by atoms with Crippen molar-refractivity contribution in [2.75, 3.05) is 23.9 Å². The van der Waals surface area contributed by atoms with Gasteiger partial charge in [-0.15, -0.1) is 0 Å². The summed E-state index contributed by atoms with van der Waals surface area (Å²) in [6.45, 7) is 0.418. The molecule has 1 rings (SSSR count). The van der Waals surface area contributed by atoms with Crippen molar-refractivity contribution in [1.82, 2.24) is 5.32 Å². The number of carboxylic acid groups (broad SMARTS) is 1. The Labute approximate surface area is 125 Å². The maximum atomic E-state index is 13.5. The minimum absolute atomic E-state index is 0.379. The molecular weight excluding hydrogens is 302 g/mol. The van der Waals surface area contributed by atoms with Gasteiger partial charge in [-0.3, -0.25) is 0 Å². The van der Waals surface area contributed by atoms with E-state index in [2.05, 4.69) is 10.6 Å². The molecule has 0 aliphatic rings. The predicted molar refractivity (Wildman–Crippen MR) is 78.0 cm³/mol. The molecule has 1 aromatic rings. The van der Waals surface area contributed by atoms with Gasteiger partial charge in [-0.05, 0) is 30.9 Å². The standard InChI is InChI=1S/C13H16F2N2O3S/c1-21-5-3-2-4-16-13(20)17-11-6-8(12(18)19)9(14)7-10(11)15/h6-7H,2-5H2,1H3,(H,18,19)(H2,16,17,20). The molecule has 0 spiro atoms. The highest BCUT2D eigenvalue weighted by Crippen LogP contribution is 2.19. The van der Waals surface area contributed by atoms with Crippen molar-refractivity contribution in [1.29, 1.82) is 0 Å². The lowest BCUT2D eigenvalue weighted by Crippen LogP contribution is -2.30. The molecule has 0 saturated carbocycles. The molecule has 0 aliphatic carbocycles. The summed E-state index contributed by atoms with van der Waals surface area (Å²) in [5.41, 5.74) is -1.08. The molecule has 0 heterocycles. The van der Waals surface area contributed by atoms with E-state index >= 15 is 0 Å². The number of hydrogen-bond donors (Lipinski definition) is 3. The van der Waals surface area contributed by atoms with Crippen LogP contribution in [-0.4, -0.2) is 35.7 Å². The van der Waals surface area contributed by atoms with E-state index in [-0.39, 0.29) is 5.69 Å². The number of hydrogen-bond acceptors (Lipinski definition) is 3. The third-order valence-corrected chi connectivity index (χ3v) is 3.29. The number of benzene rings is 1. The fourth-order valence-corrected chi connectivity index (χ4v) is 2.04. The topological polar surface area (TPSA) is 78.4 Å². The Kier molecular flexibility index (Phi) is 6.93. The van der Waals surface area contributed by atoms with Gasteiger partial charge in [0.1, 0.15) is 11.6 Å². The van der Waals surface area contributed by atoms with Crippen LogP contribution in [0.1, 0.15) is 23.2 Å². The number of carboxylic acids is 1. The molecule has 5 nitrogen and oxygen atoms in total. The van der Waals surface area contributed by atoms with Crippen molar-refractivity contribution in [2.24, 2.45) is 0 Å². The second-order valence-corrected chi connectivity index (χ2v) is 5.18. The number of thioether (sulfide) groups is 1. The first-order valence-corrected chi connectivity index (χ1v) is 7.61. The predicted octanol–water partition coefficient (Wildman–Crippen LogP) is 2.93. The average Bonchev–Trinajstić information content (AvgIpc) is 2.41. The van der Waals surface area contributed by atoms with E-state index in [1.807, 2.05) is 6.26 Å². The van der Waals surface area contributed by atoms with Gasteiger partial charge in [0.25, 0.3) is 0 Å². The average molecular weight is 318 g/mol. The molecule has 0 saturated heterocycles. The Balaban J connectivity index is 2.59. The smallest absolute Gasteiger partial charge is 0.338 e. The van der Waals surface area contributed by atoms with E-state index in [1.54, 1.807) is 11.8 Å². The van der Waals surface area contributed by atoms with Gasteiger partial charge < -0.3 is 15.7 Å². The third kappa shape index (κ3) is 5.58. The summed E-state index contributed by atoms with van der Waals surface area (Å²) >= 11 is 1.70. The highest BCUT2D eigenvalue weighted by Gasteiger charge is 2.16. The summed E-state index contributed by atoms with van der Waals surface area (Å²) in [5, 5.41) is 13.4. The maximum Gasteiger partial charge on any atom is 0.338 e. The molecule has 3 N–H and O–H groups in total. The Morgan fingerprint density at radius 3 is 2.57 bits per heavy atom. The molecular formula is C13H16F2N2O3S. The van der Waals surface area contributed by atoms with Gasteiger partial charge in [0.2, 0.25) is 0 Å². The van der Waals surface area contributed by atoms with E-state index in [1.165, 1.54) is 0 Å². The lowest BCUT2D eigenvalue weighted by atomic mass is 10.2. The fraction of sp³-hybridized carbons (Fsp3) is 0.385. The van der Waals surface area contributed by atoms with E-state index in [0.29, 0.717) is 12.6 Å². The van der Waals surface area contributed by atoms with Crippen LogP contribution in [0, 0.1) is 11.6 Å².